The number of hydrogen-bond acceptors (Lipinski definition) is 2. The van der Waals surface area contributed by atoms with E-state index in [1.807, 2.05) is 26.0 Å². The fraction of sp³-hybridized carbons (Fsp3) is 0.250. The number of pyridine rings is 1. The molecule has 10 heavy (non-hydrogen) atoms. The first-order chi connectivity index (χ1) is 4.79. The zero-order valence-electron chi connectivity index (χ0n) is 6.20. The maximum Gasteiger partial charge on any atom is 0.0659 e. The minimum Gasteiger partial charge on any atom is -0.265 e. The minimum absolute atomic E-state index is 0.968. The summed E-state index contributed by atoms with van der Waals surface area (Å²) in [7, 11) is 0. The lowest BCUT2D eigenvalue weighted by Gasteiger charge is -1.90. The monoisotopic (exact) mass is 134 g/mol. The van der Waals surface area contributed by atoms with Gasteiger partial charge in [-0.2, -0.15) is 0 Å². The van der Waals surface area contributed by atoms with Crippen LogP contribution in [-0.4, -0.2) is 10.7 Å². The molecule has 0 saturated carbocycles. The fourth-order valence-electron chi connectivity index (χ4n) is 0.677. The van der Waals surface area contributed by atoms with Crippen molar-refractivity contribution in [2.45, 2.75) is 13.8 Å². The molecule has 2 heteroatoms. The molecule has 1 aromatic heterocycles. The summed E-state index contributed by atoms with van der Waals surface area (Å²) >= 11 is 0. The van der Waals surface area contributed by atoms with Gasteiger partial charge in [0.15, 0.2) is 0 Å². The molecule has 2 nitrogen and oxygen atoms in total. The number of hydrogen-bond donors (Lipinski definition) is 0. The first-order valence-electron chi connectivity index (χ1n) is 3.21. The summed E-state index contributed by atoms with van der Waals surface area (Å²) in [6.07, 6.45) is 3.48. The summed E-state index contributed by atoms with van der Waals surface area (Å²) in [5, 5.41) is 0. The Hall–Kier alpha value is -1.18. The van der Waals surface area contributed by atoms with Crippen LogP contribution in [0.1, 0.15) is 13.8 Å². The smallest absolute Gasteiger partial charge is 0.0659 e. The van der Waals surface area contributed by atoms with Gasteiger partial charge in [-0.1, -0.05) is 0 Å². The van der Waals surface area contributed by atoms with Gasteiger partial charge in [-0.3, -0.25) is 9.98 Å². The maximum absolute atomic E-state index is 4.24. The van der Waals surface area contributed by atoms with Crippen LogP contribution in [0.15, 0.2) is 29.5 Å². The molecular formula is C8H10N2. The maximum atomic E-state index is 4.24. The topological polar surface area (TPSA) is 25.2 Å². The average molecular weight is 134 g/mol. The van der Waals surface area contributed by atoms with E-state index in [0.29, 0.717) is 0 Å². The second kappa shape index (κ2) is 3.11. The van der Waals surface area contributed by atoms with Crippen LogP contribution in [0.3, 0.4) is 0 Å². The quantitative estimate of drug-likeness (QED) is 0.540. The number of nitrogens with zero attached hydrogens (tertiary/aromatic N) is 2. The van der Waals surface area contributed by atoms with Gasteiger partial charge in [-0.25, -0.2) is 0 Å². The third-order valence-electron chi connectivity index (χ3n) is 1.02. The van der Waals surface area contributed by atoms with E-state index in [1.54, 1.807) is 12.4 Å². The van der Waals surface area contributed by atoms with Gasteiger partial charge in [-0.05, 0) is 26.0 Å². The van der Waals surface area contributed by atoms with Crippen molar-refractivity contribution < 1.29 is 0 Å². The first-order valence-corrected chi connectivity index (χ1v) is 3.21. The Kier molecular flexibility index (Phi) is 2.15. The summed E-state index contributed by atoms with van der Waals surface area (Å²) in [4.78, 5) is 8.12. The normalized spacial score (nSPS) is 9.00. The van der Waals surface area contributed by atoms with Crippen molar-refractivity contribution in [3.8, 4) is 0 Å². The summed E-state index contributed by atoms with van der Waals surface area (Å²) in [5.41, 5.74) is 2.03. The van der Waals surface area contributed by atoms with Crippen molar-refractivity contribution in [2.24, 2.45) is 4.99 Å². The molecule has 0 spiro atoms. The molecule has 0 aliphatic rings. The Morgan fingerprint density at radius 2 is 1.90 bits per heavy atom. The predicted molar refractivity (Wildman–Crippen MR) is 42.7 cm³/mol. The lowest BCUT2D eigenvalue weighted by Crippen LogP contribution is -1.77. The molecule has 1 heterocycles. The molecule has 0 aliphatic heterocycles. The van der Waals surface area contributed by atoms with Crippen LogP contribution in [0, 0.1) is 0 Å². The molecule has 0 fully saturated rings. The van der Waals surface area contributed by atoms with E-state index in [1.165, 1.54) is 0 Å². The van der Waals surface area contributed by atoms with Gasteiger partial charge in [-0.15, -0.1) is 0 Å². The molecule has 0 radical (unpaired) electrons. The Bertz CT molecular complexity index is 222. The summed E-state index contributed by atoms with van der Waals surface area (Å²) in [6.45, 7) is 3.95. The second-order valence-corrected chi connectivity index (χ2v) is 2.26. The number of aliphatic imine (C=N–C) groups is 1. The van der Waals surface area contributed by atoms with E-state index >= 15 is 0 Å². The highest BCUT2D eigenvalue weighted by Gasteiger charge is 1.83. The van der Waals surface area contributed by atoms with Crippen LogP contribution in [0.5, 0.6) is 0 Å². The van der Waals surface area contributed by atoms with E-state index in [4.69, 9.17) is 0 Å². The first kappa shape index (κ1) is 6.93. The molecule has 0 atom stereocenters. The predicted octanol–water partition coefficient (Wildman–Crippen LogP) is 2.19. The van der Waals surface area contributed by atoms with Crippen LogP contribution in [0.25, 0.3) is 0 Å². The molecule has 1 rings (SSSR count). The van der Waals surface area contributed by atoms with Crippen molar-refractivity contribution in [2.75, 3.05) is 0 Å². The highest BCUT2D eigenvalue weighted by molar-refractivity contribution is 5.81. The Morgan fingerprint density at radius 1 is 1.30 bits per heavy atom. The Labute approximate surface area is 60.6 Å². The molecule has 0 amide bonds. The highest BCUT2D eigenvalue weighted by Crippen LogP contribution is 2.07. The van der Waals surface area contributed by atoms with E-state index in [2.05, 4.69) is 9.98 Å². The third kappa shape index (κ3) is 1.97. The zero-order valence-corrected chi connectivity index (χ0v) is 6.20. The van der Waals surface area contributed by atoms with Crippen molar-refractivity contribution >= 4 is 11.4 Å². The molecule has 1 aromatic rings. The summed E-state index contributed by atoms with van der Waals surface area (Å²) in [6, 6.07) is 3.76. The number of rotatable bonds is 1. The standard InChI is InChI=1S/C8H10N2/c1-7(2)10-8-3-5-9-6-4-8/h3-6H,1-2H3. The van der Waals surface area contributed by atoms with Crippen molar-refractivity contribution in [1.29, 1.82) is 0 Å². The van der Waals surface area contributed by atoms with Crippen molar-refractivity contribution in [3.63, 3.8) is 0 Å². The van der Waals surface area contributed by atoms with Gasteiger partial charge in [0.1, 0.15) is 0 Å². The minimum atomic E-state index is 0.968. The van der Waals surface area contributed by atoms with Gasteiger partial charge in [0.25, 0.3) is 0 Å². The zero-order chi connectivity index (χ0) is 7.40. The largest absolute Gasteiger partial charge is 0.265 e. The SMILES string of the molecule is CC(C)=Nc1ccncc1. The second-order valence-electron chi connectivity index (χ2n) is 2.26. The Balaban J connectivity index is 2.87. The van der Waals surface area contributed by atoms with Crippen LogP contribution < -0.4 is 0 Å². The molecule has 0 saturated heterocycles. The van der Waals surface area contributed by atoms with Crippen LogP contribution in [0.4, 0.5) is 5.69 Å². The summed E-state index contributed by atoms with van der Waals surface area (Å²) < 4.78 is 0. The molecule has 0 N–H and O–H groups in total. The van der Waals surface area contributed by atoms with Crippen LogP contribution in [0.2, 0.25) is 0 Å². The van der Waals surface area contributed by atoms with Gasteiger partial charge in [0.05, 0.1) is 5.69 Å². The van der Waals surface area contributed by atoms with Gasteiger partial charge in [0, 0.05) is 18.1 Å². The fourth-order valence-corrected chi connectivity index (χ4v) is 0.677. The van der Waals surface area contributed by atoms with E-state index in [-0.39, 0.29) is 0 Å². The Morgan fingerprint density at radius 3 is 2.40 bits per heavy atom. The van der Waals surface area contributed by atoms with Crippen molar-refractivity contribution in [1.82, 2.24) is 4.98 Å². The summed E-state index contributed by atoms with van der Waals surface area (Å²) in [5.74, 6) is 0. The molecule has 0 aromatic carbocycles. The molecule has 0 unspecified atom stereocenters. The van der Waals surface area contributed by atoms with Crippen LogP contribution in [-0.2, 0) is 0 Å². The lowest BCUT2D eigenvalue weighted by atomic mass is 10.4. The van der Waals surface area contributed by atoms with E-state index in [0.717, 1.165) is 11.4 Å². The van der Waals surface area contributed by atoms with Gasteiger partial charge in [0.2, 0.25) is 0 Å². The van der Waals surface area contributed by atoms with Gasteiger partial charge < -0.3 is 0 Å². The third-order valence-corrected chi connectivity index (χ3v) is 1.02. The van der Waals surface area contributed by atoms with Gasteiger partial charge >= 0.3 is 0 Å². The number of aromatic nitrogens is 1. The highest BCUT2D eigenvalue weighted by atomic mass is 14.7. The van der Waals surface area contributed by atoms with E-state index in [9.17, 15) is 0 Å². The molecule has 0 bridgehead atoms. The van der Waals surface area contributed by atoms with Crippen molar-refractivity contribution in [3.05, 3.63) is 24.5 Å². The van der Waals surface area contributed by atoms with Crippen LogP contribution >= 0.6 is 0 Å². The molecular weight excluding hydrogens is 124 g/mol. The van der Waals surface area contributed by atoms with E-state index < -0.39 is 0 Å². The lowest BCUT2D eigenvalue weighted by molar-refractivity contribution is 1.31. The molecule has 0 aliphatic carbocycles. The average Bonchev–Trinajstić information content (AvgIpc) is 1.88. The molecule has 52 valence electrons.